The number of fused-ring (bicyclic) bond motifs is 1. The molecule has 1 aromatic carbocycles. The van der Waals surface area contributed by atoms with Crippen molar-refractivity contribution in [3.8, 4) is 0 Å². The van der Waals surface area contributed by atoms with Crippen molar-refractivity contribution in [1.82, 2.24) is 10.2 Å². The average Bonchev–Trinajstić information content (AvgIpc) is 2.50. The van der Waals surface area contributed by atoms with Crippen molar-refractivity contribution in [2.75, 3.05) is 12.4 Å². The van der Waals surface area contributed by atoms with E-state index in [1.54, 1.807) is 0 Å². The molecular formula is C8H9N3. The topological polar surface area (TPSA) is 40.7 Å². The van der Waals surface area contributed by atoms with Gasteiger partial charge in [0.2, 0.25) is 0 Å². The van der Waals surface area contributed by atoms with E-state index in [0.29, 0.717) is 0 Å². The van der Waals surface area contributed by atoms with Gasteiger partial charge < -0.3 is 5.32 Å². The Hall–Kier alpha value is -1.51. The molecule has 11 heavy (non-hydrogen) atoms. The van der Waals surface area contributed by atoms with Crippen LogP contribution in [0.5, 0.6) is 0 Å². The average molecular weight is 147 g/mol. The Morgan fingerprint density at radius 2 is 2.36 bits per heavy atom. The summed E-state index contributed by atoms with van der Waals surface area (Å²) in [6.07, 6.45) is 1.82. The number of aromatic nitrogens is 2. The minimum Gasteiger partial charge on any atom is -0.386 e. The standard InChI is InChI=1S/C8H9N3/c1-9-7-4-2-3-6-5-10-11-8(6)7/h2-5,9H,1H3,(H,10,11). The van der Waals surface area contributed by atoms with Crippen LogP contribution in [0.2, 0.25) is 0 Å². The molecule has 0 spiro atoms. The minimum atomic E-state index is 1.06. The van der Waals surface area contributed by atoms with E-state index in [2.05, 4.69) is 15.5 Å². The van der Waals surface area contributed by atoms with Crippen LogP contribution in [0, 0.1) is 0 Å². The van der Waals surface area contributed by atoms with Gasteiger partial charge in [0.15, 0.2) is 0 Å². The molecule has 0 amide bonds. The summed E-state index contributed by atoms with van der Waals surface area (Å²) in [6, 6.07) is 6.05. The molecule has 0 aliphatic carbocycles. The summed E-state index contributed by atoms with van der Waals surface area (Å²) in [5.41, 5.74) is 2.15. The molecule has 1 aromatic heterocycles. The number of benzene rings is 1. The van der Waals surface area contributed by atoms with Gasteiger partial charge in [-0.25, -0.2) is 0 Å². The highest BCUT2D eigenvalue weighted by Crippen LogP contribution is 2.19. The second-order valence-corrected chi connectivity index (χ2v) is 2.39. The van der Waals surface area contributed by atoms with Crippen LogP contribution in [0.3, 0.4) is 0 Å². The number of para-hydroxylation sites is 1. The number of rotatable bonds is 1. The van der Waals surface area contributed by atoms with Gasteiger partial charge in [-0.3, -0.25) is 5.10 Å². The maximum absolute atomic E-state index is 3.94. The third-order valence-corrected chi connectivity index (χ3v) is 1.75. The molecule has 0 aliphatic heterocycles. The number of nitrogens with zero attached hydrogens (tertiary/aromatic N) is 1. The van der Waals surface area contributed by atoms with Crippen molar-refractivity contribution in [1.29, 1.82) is 0 Å². The summed E-state index contributed by atoms with van der Waals surface area (Å²) < 4.78 is 0. The van der Waals surface area contributed by atoms with E-state index in [1.807, 2.05) is 31.4 Å². The fourth-order valence-corrected chi connectivity index (χ4v) is 1.18. The van der Waals surface area contributed by atoms with Gasteiger partial charge in [0.25, 0.3) is 0 Å². The summed E-state index contributed by atoms with van der Waals surface area (Å²) in [7, 11) is 1.90. The number of hydrogen-bond acceptors (Lipinski definition) is 2. The fraction of sp³-hybridized carbons (Fsp3) is 0.125. The zero-order chi connectivity index (χ0) is 7.68. The highest BCUT2D eigenvalue weighted by atomic mass is 15.1. The molecule has 2 aromatic rings. The Kier molecular flexibility index (Phi) is 1.28. The zero-order valence-electron chi connectivity index (χ0n) is 6.26. The molecule has 0 unspecified atom stereocenters. The Labute approximate surface area is 64.4 Å². The van der Waals surface area contributed by atoms with E-state index in [4.69, 9.17) is 0 Å². The lowest BCUT2D eigenvalue weighted by molar-refractivity contribution is 1.12. The largest absolute Gasteiger partial charge is 0.386 e. The van der Waals surface area contributed by atoms with Crippen LogP contribution in [-0.2, 0) is 0 Å². The van der Waals surface area contributed by atoms with E-state index < -0.39 is 0 Å². The summed E-state index contributed by atoms with van der Waals surface area (Å²) >= 11 is 0. The highest BCUT2D eigenvalue weighted by Gasteiger charge is 1.98. The molecule has 0 radical (unpaired) electrons. The normalized spacial score (nSPS) is 10.3. The first-order chi connectivity index (χ1) is 5.42. The summed E-state index contributed by atoms with van der Waals surface area (Å²) in [4.78, 5) is 0. The second-order valence-electron chi connectivity index (χ2n) is 2.39. The molecular weight excluding hydrogens is 138 g/mol. The first kappa shape index (κ1) is 6.22. The second kappa shape index (κ2) is 2.27. The van der Waals surface area contributed by atoms with Crippen molar-refractivity contribution in [3.63, 3.8) is 0 Å². The predicted octanol–water partition coefficient (Wildman–Crippen LogP) is 1.60. The molecule has 0 aliphatic rings. The first-order valence-electron chi connectivity index (χ1n) is 3.51. The van der Waals surface area contributed by atoms with E-state index in [9.17, 15) is 0 Å². The van der Waals surface area contributed by atoms with Crippen LogP contribution >= 0.6 is 0 Å². The lowest BCUT2D eigenvalue weighted by Crippen LogP contribution is -1.88. The third kappa shape index (κ3) is 0.852. The van der Waals surface area contributed by atoms with E-state index in [-0.39, 0.29) is 0 Å². The lowest BCUT2D eigenvalue weighted by Gasteiger charge is -1.98. The Balaban J connectivity index is 2.79. The molecule has 3 nitrogen and oxygen atoms in total. The Morgan fingerprint density at radius 3 is 3.18 bits per heavy atom. The third-order valence-electron chi connectivity index (χ3n) is 1.75. The van der Waals surface area contributed by atoms with Gasteiger partial charge in [0.1, 0.15) is 0 Å². The molecule has 0 saturated carbocycles. The number of H-pyrrole nitrogens is 1. The maximum atomic E-state index is 3.94. The van der Waals surface area contributed by atoms with Crippen molar-refractivity contribution >= 4 is 16.6 Å². The molecule has 0 saturated heterocycles. The van der Waals surface area contributed by atoms with Gasteiger partial charge in [-0.1, -0.05) is 12.1 Å². The Bertz CT molecular complexity index is 364. The Morgan fingerprint density at radius 1 is 1.45 bits per heavy atom. The summed E-state index contributed by atoms with van der Waals surface area (Å²) in [5.74, 6) is 0. The number of hydrogen-bond donors (Lipinski definition) is 2. The van der Waals surface area contributed by atoms with Gasteiger partial charge in [-0.15, -0.1) is 0 Å². The van der Waals surface area contributed by atoms with Crippen molar-refractivity contribution < 1.29 is 0 Å². The number of aromatic amines is 1. The molecule has 1 heterocycles. The van der Waals surface area contributed by atoms with E-state index >= 15 is 0 Å². The van der Waals surface area contributed by atoms with Crippen molar-refractivity contribution in [2.24, 2.45) is 0 Å². The summed E-state index contributed by atoms with van der Waals surface area (Å²) in [5, 5.41) is 11.1. The van der Waals surface area contributed by atoms with Crippen molar-refractivity contribution in [3.05, 3.63) is 24.4 Å². The maximum Gasteiger partial charge on any atom is 0.0881 e. The SMILES string of the molecule is CNc1cccc2cn[nH]c12. The zero-order valence-corrected chi connectivity index (χ0v) is 6.26. The van der Waals surface area contributed by atoms with Crippen LogP contribution in [0.25, 0.3) is 10.9 Å². The van der Waals surface area contributed by atoms with Gasteiger partial charge in [-0.2, -0.15) is 5.10 Å². The number of anilines is 1. The quantitative estimate of drug-likeness (QED) is 0.643. The smallest absolute Gasteiger partial charge is 0.0881 e. The van der Waals surface area contributed by atoms with Gasteiger partial charge in [0.05, 0.1) is 17.4 Å². The lowest BCUT2D eigenvalue weighted by atomic mass is 10.2. The summed E-state index contributed by atoms with van der Waals surface area (Å²) in [6.45, 7) is 0. The minimum absolute atomic E-state index is 1.06. The first-order valence-corrected chi connectivity index (χ1v) is 3.51. The van der Waals surface area contributed by atoms with Crippen LogP contribution in [0.4, 0.5) is 5.69 Å². The van der Waals surface area contributed by atoms with Crippen LogP contribution in [-0.4, -0.2) is 17.2 Å². The van der Waals surface area contributed by atoms with Crippen LogP contribution in [0.1, 0.15) is 0 Å². The van der Waals surface area contributed by atoms with E-state index in [1.165, 1.54) is 0 Å². The molecule has 0 bridgehead atoms. The van der Waals surface area contributed by atoms with E-state index in [0.717, 1.165) is 16.6 Å². The molecule has 0 atom stereocenters. The molecule has 2 N–H and O–H groups in total. The monoisotopic (exact) mass is 147 g/mol. The highest BCUT2D eigenvalue weighted by molar-refractivity contribution is 5.89. The van der Waals surface area contributed by atoms with Gasteiger partial charge >= 0.3 is 0 Å². The van der Waals surface area contributed by atoms with Gasteiger partial charge in [-0.05, 0) is 6.07 Å². The number of nitrogens with one attached hydrogen (secondary N) is 2. The molecule has 3 heteroatoms. The molecule has 56 valence electrons. The molecule has 2 rings (SSSR count). The van der Waals surface area contributed by atoms with Crippen LogP contribution < -0.4 is 5.32 Å². The van der Waals surface area contributed by atoms with Crippen molar-refractivity contribution in [2.45, 2.75) is 0 Å². The fourth-order valence-electron chi connectivity index (χ4n) is 1.18. The predicted molar refractivity (Wildman–Crippen MR) is 45.6 cm³/mol. The van der Waals surface area contributed by atoms with Crippen LogP contribution in [0.15, 0.2) is 24.4 Å². The molecule has 0 fully saturated rings. The van der Waals surface area contributed by atoms with Gasteiger partial charge in [0, 0.05) is 12.4 Å².